The maximum absolute atomic E-state index is 12.4. The molecule has 114 valence electrons. The van der Waals surface area contributed by atoms with E-state index in [9.17, 15) is 18.0 Å². The Morgan fingerprint density at radius 3 is 2.62 bits per heavy atom. The standard InChI is InChI=1S/C13H14BrNO5S/c1-21(19,20)11-7-8(4-5-9(11)14)12(16)15-6-2-3-10(15)13(17)18/h4-5,7,10H,2-3,6H2,1H3,(H,17,18)/t10-/m0/s1. The van der Waals surface area contributed by atoms with E-state index in [2.05, 4.69) is 15.9 Å². The average Bonchev–Trinajstić information content (AvgIpc) is 2.86. The summed E-state index contributed by atoms with van der Waals surface area (Å²) in [6.07, 6.45) is 2.09. The van der Waals surface area contributed by atoms with Gasteiger partial charge in [0.05, 0.1) is 4.90 Å². The van der Waals surface area contributed by atoms with Crippen LogP contribution in [0.5, 0.6) is 0 Å². The Morgan fingerprint density at radius 2 is 2.05 bits per heavy atom. The second kappa shape index (κ2) is 5.76. The molecule has 1 aliphatic rings. The zero-order chi connectivity index (χ0) is 15.8. The molecule has 1 atom stereocenters. The van der Waals surface area contributed by atoms with Crippen molar-refractivity contribution in [3.63, 3.8) is 0 Å². The van der Waals surface area contributed by atoms with Crippen molar-refractivity contribution >= 4 is 37.6 Å². The topological polar surface area (TPSA) is 91.8 Å². The van der Waals surface area contributed by atoms with Gasteiger partial charge in [0.2, 0.25) is 0 Å². The number of aliphatic carboxylic acids is 1. The zero-order valence-electron chi connectivity index (χ0n) is 11.2. The number of carboxylic acids is 1. The highest BCUT2D eigenvalue weighted by molar-refractivity contribution is 9.10. The van der Waals surface area contributed by atoms with Crippen molar-refractivity contribution in [3.8, 4) is 0 Å². The largest absolute Gasteiger partial charge is 0.480 e. The summed E-state index contributed by atoms with van der Waals surface area (Å²) in [5.74, 6) is -1.50. The summed E-state index contributed by atoms with van der Waals surface area (Å²) >= 11 is 3.14. The Bertz CT molecular complexity index is 701. The zero-order valence-corrected chi connectivity index (χ0v) is 13.6. The molecule has 0 aromatic heterocycles. The highest BCUT2D eigenvalue weighted by Gasteiger charge is 2.34. The number of benzene rings is 1. The number of carbonyl (C=O) groups excluding carboxylic acids is 1. The molecule has 6 nitrogen and oxygen atoms in total. The molecule has 1 aromatic rings. The van der Waals surface area contributed by atoms with E-state index >= 15 is 0 Å². The smallest absolute Gasteiger partial charge is 0.326 e. The van der Waals surface area contributed by atoms with Crippen molar-refractivity contribution in [2.45, 2.75) is 23.8 Å². The molecule has 1 aromatic carbocycles. The van der Waals surface area contributed by atoms with Crippen molar-refractivity contribution in [1.82, 2.24) is 4.90 Å². The summed E-state index contributed by atoms with van der Waals surface area (Å²) in [6, 6.07) is 3.40. The molecule has 21 heavy (non-hydrogen) atoms. The van der Waals surface area contributed by atoms with Gasteiger partial charge in [-0.15, -0.1) is 0 Å². The van der Waals surface area contributed by atoms with Gasteiger partial charge < -0.3 is 10.0 Å². The molecule has 1 heterocycles. The Hall–Kier alpha value is -1.41. The number of carbonyl (C=O) groups is 2. The fraction of sp³-hybridized carbons (Fsp3) is 0.385. The van der Waals surface area contributed by atoms with Gasteiger partial charge in [-0.3, -0.25) is 4.79 Å². The molecular weight excluding hydrogens is 362 g/mol. The molecule has 1 N–H and O–H groups in total. The van der Waals surface area contributed by atoms with Crippen molar-refractivity contribution in [1.29, 1.82) is 0 Å². The van der Waals surface area contributed by atoms with Crippen molar-refractivity contribution in [2.24, 2.45) is 0 Å². The first kappa shape index (κ1) is 16.0. The third kappa shape index (κ3) is 3.26. The predicted molar refractivity (Wildman–Crippen MR) is 78.9 cm³/mol. The summed E-state index contributed by atoms with van der Waals surface area (Å²) in [5.41, 5.74) is 0.173. The van der Waals surface area contributed by atoms with Crippen LogP contribution in [0.4, 0.5) is 0 Å². The predicted octanol–water partition coefficient (Wildman–Crippen LogP) is 1.54. The Labute approximate surface area is 130 Å². The summed E-state index contributed by atoms with van der Waals surface area (Å²) in [4.78, 5) is 24.8. The average molecular weight is 376 g/mol. The number of carboxylic acid groups (broad SMARTS) is 1. The minimum absolute atomic E-state index is 0.0134. The van der Waals surface area contributed by atoms with Gasteiger partial charge in [0.25, 0.3) is 5.91 Å². The van der Waals surface area contributed by atoms with Gasteiger partial charge in [-0.25, -0.2) is 13.2 Å². The third-order valence-corrected chi connectivity index (χ3v) is 5.47. The number of hydrogen-bond donors (Lipinski definition) is 1. The van der Waals surface area contributed by atoms with E-state index in [0.29, 0.717) is 23.9 Å². The molecular formula is C13H14BrNO5S. The van der Waals surface area contributed by atoms with Crippen LogP contribution in [0.25, 0.3) is 0 Å². The lowest BCUT2D eigenvalue weighted by Gasteiger charge is -2.21. The highest BCUT2D eigenvalue weighted by Crippen LogP contribution is 2.26. The number of likely N-dealkylation sites (tertiary alicyclic amines) is 1. The first-order chi connectivity index (χ1) is 9.71. The Morgan fingerprint density at radius 1 is 1.38 bits per heavy atom. The molecule has 0 saturated carbocycles. The van der Waals surface area contributed by atoms with Gasteiger partial charge >= 0.3 is 5.97 Å². The van der Waals surface area contributed by atoms with Crippen LogP contribution < -0.4 is 0 Å². The first-order valence-electron chi connectivity index (χ1n) is 6.25. The van der Waals surface area contributed by atoms with Gasteiger partial charge in [-0.05, 0) is 47.0 Å². The fourth-order valence-corrected chi connectivity index (χ4v) is 4.24. The second-order valence-corrected chi connectivity index (χ2v) is 7.75. The summed E-state index contributed by atoms with van der Waals surface area (Å²) in [5, 5.41) is 9.11. The highest BCUT2D eigenvalue weighted by atomic mass is 79.9. The van der Waals surface area contributed by atoms with Gasteiger partial charge in [0, 0.05) is 22.8 Å². The van der Waals surface area contributed by atoms with E-state index in [4.69, 9.17) is 5.11 Å². The maximum atomic E-state index is 12.4. The van der Waals surface area contributed by atoms with E-state index in [1.54, 1.807) is 0 Å². The van der Waals surface area contributed by atoms with Crippen molar-refractivity contribution < 1.29 is 23.1 Å². The Kier molecular flexibility index (Phi) is 4.38. The van der Waals surface area contributed by atoms with Crippen LogP contribution in [-0.4, -0.2) is 49.1 Å². The SMILES string of the molecule is CS(=O)(=O)c1cc(C(=O)N2CCC[C@H]2C(=O)O)ccc1Br. The normalized spacial score (nSPS) is 18.8. The Balaban J connectivity index is 2.39. The van der Waals surface area contributed by atoms with Gasteiger partial charge in [-0.1, -0.05) is 0 Å². The number of nitrogens with zero attached hydrogens (tertiary/aromatic N) is 1. The van der Waals surface area contributed by atoms with Crippen molar-refractivity contribution in [2.75, 3.05) is 12.8 Å². The second-order valence-electron chi connectivity index (χ2n) is 4.91. The van der Waals surface area contributed by atoms with Crippen LogP contribution in [0.2, 0.25) is 0 Å². The van der Waals surface area contributed by atoms with Gasteiger partial charge in [0.1, 0.15) is 6.04 Å². The number of halogens is 1. The minimum atomic E-state index is -3.48. The number of hydrogen-bond acceptors (Lipinski definition) is 4. The van der Waals surface area contributed by atoms with E-state index in [1.165, 1.54) is 23.1 Å². The molecule has 1 aliphatic heterocycles. The fourth-order valence-electron chi connectivity index (χ4n) is 2.35. The van der Waals surface area contributed by atoms with E-state index < -0.39 is 27.8 Å². The van der Waals surface area contributed by atoms with Gasteiger partial charge in [-0.2, -0.15) is 0 Å². The quantitative estimate of drug-likeness (QED) is 0.864. The molecule has 1 saturated heterocycles. The molecule has 0 unspecified atom stereocenters. The van der Waals surface area contributed by atoms with Crippen LogP contribution in [0.1, 0.15) is 23.2 Å². The van der Waals surface area contributed by atoms with Crippen LogP contribution in [0, 0.1) is 0 Å². The maximum Gasteiger partial charge on any atom is 0.326 e. The first-order valence-corrected chi connectivity index (χ1v) is 8.93. The lowest BCUT2D eigenvalue weighted by Crippen LogP contribution is -2.40. The van der Waals surface area contributed by atoms with Crippen LogP contribution in [0.3, 0.4) is 0 Å². The third-order valence-electron chi connectivity index (χ3n) is 3.38. The molecule has 2 rings (SSSR count). The summed E-state index contributed by atoms with van der Waals surface area (Å²) < 4.78 is 23.7. The molecule has 0 aliphatic carbocycles. The van der Waals surface area contributed by atoms with Crippen LogP contribution in [-0.2, 0) is 14.6 Å². The summed E-state index contributed by atoms with van der Waals surface area (Å²) in [7, 11) is -3.48. The van der Waals surface area contributed by atoms with Gasteiger partial charge in [0.15, 0.2) is 9.84 Å². The lowest BCUT2D eigenvalue weighted by atomic mass is 10.1. The molecule has 1 amide bonds. The molecule has 1 fully saturated rings. The molecule has 8 heteroatoms. The molecule has 0 bridgehead atoms. The molecule has 0 radical (unpaired) electrons. The van der Waals surface area contributed by atoms with E-state index in [0.717, 1.165) is 6.26 Å². The monoisotopic (exact) mass is 375 g/mol. The molecule has 0 spiro atoms. The number of amides is 1. The van der Waals surface area contributed by atoms with Crippen LogP contribution in [0.15, 0.2) is 27.6 Å². The minimum Gasteiger partial charge on any atom is -0.480 e. The van der Waals surface area contributed by atoms with E-state index in [1.807, 2.05) is 0 Å². The van der Waals surface area contributed by atoms with E-state index in [-0.39, 0.29) is 10.5 Å². The number of sulfone groups is 1. The lowest BCUT2D eigenvalue weighted by molar-refractivity contribution is -0.141. The summed E-state index contributed by atoms with van der Waals surface area (Å²) in [6.45, 7) is 0.361. The van der Waals surface area contributed by atoms with Crippen molar-refractivity contribution in [3.05, 3.63) is 28.2 Å². The number of rotatable bonds is 3. The van der Waals surface area contributed by atoms with Crippen LogP contribution >= 0.6 is 15.9 Å².